The number of fused-ring (bicyclic) bond motifs is 2. The minimum Gasteiger partial charge on any atom is -0.491 e. The Morgan fingerprint density at radius 3 is 3.04 bits per heavy atom. The number of hydrogen-bond donors (Lipinski definition) is 2. The van der Waals surface area contributed by atoms with Crippen molar-refractivity contribution in [1.82, 2.24) is 15.6 Å². The highest BCUT2D eigenvalue weighted by Crippen LogP contribution is 2.33. The van der Waals surface area contributed by atoms with E-state index in [0.29, 0.717) is 25.1 Å². The smallest absolute Gasteiger partial charge is 0.237 e. The highest BCUT2D eigenvalue weighted by molar-refractivity contribution is 5.84. The molecule has 2 aromatic rings. The number of amides is 1. The Labute approximate surface area is 154 Å². The van der Waals surface area contributed by atoms with E-state index in [-0.39, 0.29) is 11.9 Å². The molecule has 26 heavy (non-hydrogen) atoms. The zero-order valence-corrected chi connectivity index (χ0v) is 15.1. The van der Waals surface area contributed by atoms with Crippen LogP contribution in [-0.4, -0.2) is 36.1 Å². The van der Waals surface area contributed by atoms with Gasteiger partial charge in [-0.25, -0.2) is 0 Å². The molecule has 4 rings (SSSR count). The maximum absolute atomic E-state index is 12.4. The maximum Gasteiger partial charge on any atom is 0.237 e. The molecular formula is C21H27N3O2. The molecule has 0 radical (unpaired) electrons. The molecule has 5 nitrogen and oxygen atoms in total. The summed E-state index contributed by atoms with van der Waals surface area (Å²) in [4.78, 5) is 16.8. The van der Waals surface area contributed by atoms with Crippen molar-refractivity contribution in [3.63, 3.8) is 0 Å². The molecular weight excluding hydrogens is 326 g/mol. The molecule has 5 heteroatoms. The monoisotopic (exact) mass is 353 g/mol. The van der Waals surface area contributed by atoms with Crippen molar-refractivity contribution in [2.24, 2.45) is 5.92 Å². The third-order valence-corrected chi connectivity index (χ3v) is 5.65. The first kappa shape index (κ1) is 17.3. The number of pyridine rings is 1. The molecule has 3 unspecified atom stereocenters. The molecule has 2 heterocycles. The SMILES string of the molecule is O=C(NCCCOc1cccc2cccnc12)C1CC2CCCCC2N1. The zero-order chi connectivity index (χ0) is 17.8. The summed E-state index contributed by atoms with van der Waals surface area (Å²) in [5.41, 5.74) is 0.886. The average Bonchev–Trinajstić information content (AvgIpc) is 3.12. The Balaban J connectivity index is 1.20. The van der Waals surface area contributed by atoms with E-state index in [9.17, 15) is 4.79 Å². The average molecular weight is 353 g/mol. The van der Waals surface area contributed by atoms with Gasteiger partial charge in [0.2, 0.25) is 5.91 Å². The molecule has 1 saturated heterocycles. The van der Waals surface area contributed by atoms with Crippen LogP contribution in [0.25, 0.3) is 10.9 Å². The molecule has 138 valence electrons. The van der Waals surface area contributed by atoms with E-state index < -0.39 is 0 Å². The van der Waals surface area contributed by atoms with E-state index in [1.54, 1.807) is 6.20 Å². The molecule has 2 fully saturated rings. The second-order valence-corrected chi connectivity index (χ2v) is 7.43. The summed E-state index contributed by atoms with van der Waals surface area (Å²) in [6, 6.07) is 10.5. The highest BCUT2D eigenvalue weighted by Gasteiger charge is 2.37. The van der Waals surface area contributed by atoms with Crippen molar-refractivity contribution >= 4 is 16.8 Å². The molecule has 1 aromatic heterocycles. The van der Waals surface area contributed by atoms with Gasteiger partial charge in [0, 0.05) is 24.2 Å². The van der Waals surface area contributed by atoms with Crippen LogP contribution in [0.15, 0.2) is 36.5 Å². The molecule has 1 aromatic carbocycles. The van der Waals surface area contributed by atoms with E-state index >= 15 is 0 Å². The topological polar surface area (TPSA) is 63.2 Å². The third kappa shape index (κ3) is 3.83. The number of hydrogen-bond acceptors (Lipinski definition) is 4. The van der Waals surface area contributed by atoms with E-state index in [1.807, 2.05) is 30.3 Å². The first-order chi connectivity index (χ1) is 12.8. The van der Waals surface area contributed by atoms with Crippen LogP contribution in [0.4, 0.5) is 0 Å². The van der Waals surface area contributed by atoms with E-state index in [4.69, 9.17) is 4.74 Å². The summed E-state index contributed by atoms with van der Waals surface area (Å²) >= 11 is 0. The van der Waals surface area contributed by atoms with Gasteiger partial charge in [-0.1, -0.05) is 31.0 Å². The fraction of sp³-hybridized carbons (Fsp3) is 0.524. The number of para-hydroxylation sites is 1. The largest absolute Gasteiger partial charge is 0.491 e. The molecule has 2 aliphatic rings. The van der Waals surface area contributed by atoms with E-state index in [2.05, 4.69) is 15.6 Å². The minimum absolute atomic E-state index is 0.00807. The van der Waals surface area contributed by atoms with Crippen LogP contribution >= 0.6 is 0 Å². The summed E-state index contributed by atoms with van der Waals surface area (Å²) in [6.45, 7) is 1.21. The van der Waals surface area contributed by atoms with E-state index in [1.165, 1.54) is 25.7 Å². The van der Waals surface area contributed by atoms with Gasteiger partial charge in [0.15, 0.2) is 0 Å². The summed E-state index contributed by atoms with van der Waals surface area (Å²) in [6.07, 6.45) is 8.67. The fourth-order valence-electron chi connectivity index (χ4n) is 4.30. The molecule has 1 aliphatic carbocycles. The lowest BCUT2D eigenvalue weighted by molar-refractivity contribution is -0.122. The van der Waals surface area contributed by atoms with Crippen molar-refractivity contribution < 1.29 is 9.53 Å². The standard InChI is InChI=1S/C21H27N3O2/c25-21(18-14-16-6-1-2-9-17(16)24-18)23-12-5-13-26-19-10-3-7-15-8-4-11-22-20(15)19/h3-4,7-8,10-11,16-18,24H,1-2,5-6,9,12-14H2,(H,23,25). The third-order valence-electron chi connectivity index (χ3n) is 5.65. The predicted molar refractivity (Wildman–Crippen MR) is 102 cm³/mol. The van der Waals surface area contributed by atoms with Crippen LogP contribution in [0.1, 0.15) is 38.5 Å². The van der Waals surface area contributed by atoms with Crippen molar-refractivity contribution in [3.05, 3.63) is 36.5 Å². The quantitative estimate of drug-likeness (QED) is 0.784. The number of carbonyl (C=O) groups is 1. The van der Waals surface area contributed by atoms with Crippen molar-refractivity contribution in [2.75, 3.05) is 13.2 Å². The lowest BCUT2D eigenvalue weighted by atomic mass is 9.85. The van der Waals surface area contributed by atoms with Gasteiger partial charge >= 0.3 is 0 Å². The second kappa shape index (κ2) is 8.04. The molecule has 1 aliphatic heterocycles. The van der Waals surface area contributed by atoms with Gasteiger partial charge in [-0.2, -0.15) is 0 Å². The number of aromatic nitrogens is 1. The number of ether oxygens (including phenoxy) is 1. The molecule has 1 amide bonds. The van der Waals surface area contributed by atoms with Gasteiger partial charge in [0.1, 0.15) is 11.3 Å². The number of nitrogens with one attached hydrogen (secondary N) is 2. The Morgan fingerprint density at radius 2 is 2.12 bits per heavy atom. The number of carbonyl (C=O) groups excluding carboxylic acids is 1. The molecule has 2 N–H and O–H groups in total. The van der Waals surface area contributed by atoms with Crippen LogP contribution < -0.4 is 15.4 Å². The van der Waals surface area contributed by atoms with Crippen molar-refractivity contribution in [1.29, 1.82) is 0 Å². The van der Waals surface area contributed by atoms with Crippen LogP contribution in [0.2, 0.25) is 0 Å². The van der Waals surface area contributed by atoms with Crippen LogP contribution in [-0.2, 0) is 4.79 Å². The van der Waals surface area contributed by atoms with Gasteiger partial charge in [-0.15, -0.1) is 0 Å². The first-order valence-electron chi connectivity index (χ1n) is 9.81. The predicted octanol–water partition coefficient (Wildman–Crippen LogP) is 3.04. The maximum atomic E-state index is 12.4. The van der Waals surface area contributed by atoms with Crippen LogP contribution in [0.5, 0.6) is 5.75 Å². The lowest BCUT2D eigenvalue weighted by Crippen LogP contribution is -2.43. The first-order valence-corrected chi connectivity index (χ1v) is 9.81. The summed E-state index contributed by atoms with van der Waals surface area (Å²) in [7, 11) is 0. The minimum atomic E-state index is -0.00807. The normalized spacial score (nSPS) is 25.0. The van der Waals surface area contributed by atoms with Gasteiger partial charge in [0.05, 0.1) is 12.6 Å². The number of rotatable bonds is 6. The van der Waals surface area contributed by atoms with Crippen molar-refractivity contribution in [2.45, 2.75) is 50.6 Å². The van der Waals surface area contributed by atoms with Gasteiger partial charge in [-0.3, -0.25) is 9.78 Å². The Kier molecular flexibility index (Phi) is 5.34. The zero-order valence-electron chi connectivity index (χ0n) is 15.1. The van der Waals surface area contributed by atoms with Gasteiger partial charge in [0.25, 0.3) is 0 Å². The summed E-state index contributed by atoms with van der Waals surface area (Å²) in [5.74, 6) is 1.64. The highest BCUT2D eigenvalue weighted by atomic mass is 16.5. The fourth-order valence-corrected chi connectivity index (χ4v) is 4.30. The second-order valence-electron chi connectivity index (χ2n) is 7.43. The van der Waals surface area contributed by atoms with Gasteiger partial charge < -0.3 is 15.4 Å². The lowest BCUT2D eigenvalue weighted by Gasteiger charge is -2.24. The number of nitrogens with zero attached hydrogens (tertiary/aromatic N) is 1. The Morgan fingerprint density at radius 1 is 1.23 bits per heavy atom. The molecule has 1 saturated carbocycles. The Hall–Kier alpha value is -2.14. The molecule has 0 spiro atoms. The van der Waals surface area contributed by atoms with E-state index in [0.717, 1.165) is 29.5 Å². The molecule has 0 bridgehead atoms. The summed E-state index contributed by atoms with van der Waals surface area (Å²) in [5, 5.41) is 7.66. The van der Waals surface area contributed by atoms with Crippen molar-refractivity contribution in [3.8, 4) is 5.75 Å². The van der Waals surface area contributed by atoms with Gasteiger partial charge in [-0.05, 0) is 43.7 Å². The number of benzene rings is 1. The Bertz CT molecular complexity index is 745. The summed E-state index contributed by atoms with van der Waals surface area (Å²) < 4.78 is 5.87. The van der Waals surface area contributed by atoms with Crippen LogP contribution in [0.3, 0.4) is 0 Å². The molecule has 3 atom stereocenters. The van der Waals surface area contributed by atoms with Crippen LogP contribution in [0, 0.1) is 5.92 Å².